The van der Waals surface area contributed by atoms with Crippen LogP contribution < -0.4 is 0 Å². The van der Waals surface area contributed by atoms with Crippen LogP contribution in [-0.4, -0.2) is 5.78 Å². The Balaban J connectivity index is 2.07. The molecule has 0 bridgehead atoms. The molecular formula is C15H10Cl2F2O. The minimum Gasteiger partial charge on any atom is -0.299 e. The first-order valence-electron chi connectivity index (χ1n) is 5.85. The minimum atomic E-state index is -0.958. The topological polar surface area (TPSA) is 17.1 Å². The first kappa shape index (κ1) is 14.9. The Kier molecular flexibility index (Phi) is 4.73. The molecule has 0 aromatic heterocycles. The summed E-state index contributed by atoms with van der Waals surface area (Å²) in [6, 6.07) is 8.30. The van der Waals surface area contributed by atoms with Gasteiger partial charge in [0, 0.05) is 22.9 Å². The molecule has 0 atom stereocenters. The van der Waals surface area contributed by atoms with E-state index in [0.29, 0.717) is 21.2 Å². The van der Waals surface area contributed by atoms with Crippen LogP contribution in [0.1, 0.15) is 11.1 Å². The number of halogens is 4. The zero-order valence-corrected chi connectivity index (χ0v) is 11.8. The maximum absolute atomic E-state index is 13.0. The molecule has 0 spiro atoms. The lowest BCUT2D eigenvalue weighted by Gasteiger charge is -2.05. The van der Waals surface area contributed by atoms with Crippen LogP contribution in [-0.2, 0) is 17.6 Å². The number of rotatable bonds is 4. The Morgan fingerprint density at radius 2 is 1.70 bits per heavy atom. The molecule has 104 valence electrons. The van der Waals surface area contributed by atoms with Gasteiger partial charge in [-0.3, -0.25) is 4.79 Å². The van der Waals surface area contributed by atoms with Crippen LogP contribution in [0.4, 0.5) is 8.78 Å². The van der Waals surface area contributed by atoms with Crippen molar-refractivity contribution < 1.29 is 13.6 Å². The fourth-order valence-corrected chi connectivity index (χ4v) is 2.29. The van der Waals surface area contributed by atoms with Gasteiger partial charge in [0.1, 0.15) is 5.78 Å². The van der Waals surface area contributed by atoms with Crippen molar-refractivity contribution in [2.45, 2.75) is 12.8 Å². The fourth-order valence-electron chi connectivity index (χ4n) is 1.82. The molecule has 2 aromatic carbocycles. The van der Waals surface area contributed by atoms with Gasteiger partial charge in [-0.05, 0) is 35.4 Å². The normalized spacial score (nSPS) is 10.6. The summed E-state index contributed by atoms with van der Waals surface area (Å²) in [7, 11) is 0. The molecule has 2 aromatic rings. The Labute approximate surface area is 125 Å². The molecule has 20 heavy (non-hydrogen) atoms. The monoisotopic (exact) mass is 314 g/mol. The van der Waals surface area contributed by atoms with Gasteiger partial charge in [0.15, 0.2) is 11.6 Å². The summed E-state index contributed by atoms with van der Waals surface area (Å²) in [6.07, 6.45) is 0.144. The van der Waals surface area contributed by atoms with Crippen molar-refractivity contribution in [1.82, 2.24) is 0 Å². The van der Waals surface area contributed by atoms with Crippen LogP contribution in [0.5, 0.6) is 0 Å². The van der Waals surface area contributed by atoms with E-state index in [-0.39, 0.29) is 18.6 Å². The Morgan fingerprint density at radius 3 is 2.35 bits per heavy atom. The third-order valence-corrected chi connectivity index (χ3v) is 3.37. The van der Waals surface area contributed by atoms with Crippen LogP contribution in [0.25, 0.3) is 0 Å². The zero-order chi connectivity index (χ0) is 14.7. The Hall–Kier alpha value is -1.45. The van der Waals surface area contributed by atoms with Gasteiger partial charge in [-0.25, -0.2) is 8.78 Å². The largest absolute Gasteiger partial charge is 0.299 e. The molecule has 0 aliphatic heterocycles. The highest BCUT2D eigenvalue weighted by Crippen LogP contribution is 2.22. The number of carbonyl (C=O) groups is 1. The standard InChI is InChI=1S/C15H10Cl2F2O/c16-11-3-2-10(13(17)8-11)7-12(20)5-9-1-4-14(18)15(19)6-9/h1-4,6,8H,5,7H2. The summed E-state index contributed by atoms with van der Waals surface area (Å²) in [4.78, 5) is 11.9. The van der Waals surface area contributed by atoms with Gasteiger partial charge in [0.2, 0.25) is 0 Å². The van der Waals surface area contributed by atoms with E-state index in [4.69, 9.17) is 23.2 Å². The van der Waals surface area contributed by atoms with Crippen molar-refractivity contribution in [2.75, 3.05) is 0 Å². The molecule has 0 amide bonds. The van der Waals surface area contributed by atoms with E-state index in [2.05, 4.69) is 0 Å². The Morgan fingerprint density at radius 1 is 0.950 bits per heavy atom. The molecule has 0 heterocycles. The third-order valence-electron chi connectivity index (χ3n) is 2.79. The van der Waals surface area contributed by atoms with Crippen molar-refractivity contribution in [3.8, 4) is 0 Å². The van der Waals surface area contributed by atoms with Gasteiger partial charge in [-0.1, -0.05) is 35.3 Å². The summed E-state index contributed by atoms with van der Waals surface area (Å²) < 4.78 is 25.8. The van der Waals surface area contributed by atoms with Crippen LogP contribution in [0.15, 0.2) is 36.4 Å². The lowest BCUT2D eigenvalue weighted by atomic mass is 10.0. The molecule has 0 unspecified atom stereocenters. The van der Waals surface area contributed by atoms with Crippen molar-refractivity contribution in [3.63, 3.8) is 0 Å². The van der Waals surface area contributed by atoms with E-state index in [1.54, 1.807) is 18.2 Å². The molecule has 0 N–H and O–H groups in total. The summed E-state index contributed by atoms with van der Waals surface area (Å²) in [5, 5.41) is 0.906. The predicted octanol–water partition coefficient (Wildman–Crippen LogP) is 4.63. The first-order valence-corrected chi connectivity index (χ1v) is 6.61. The lowest BCUT2D eigenvalue weighted by molar-refractivity contribution is -0.117. The summed E-state index contributed by atoms with van der Waals surface area (Å²) in [6.45, 7) is 0. The second kappa shape index (κ2) is 6.33. The highest BCUT2D eigenvalue weighted by molar-refractivity contribution is 6.35. The molecule has 1 nitrogen and oxygen atoms in total. The number of benzene rings is 2. The number of hydrogen-bond donors (Lipinski definition) is 0. The second-order valence-corrected chi connectivity index (χ2v) is 5.22. The molecular weight excluding hydrogens is 305 g/mol. The van der Waals surface area contributed by atoms with Crippen molar-refractivity contribution in [3.05, 3.63) is 69.2 Å². The van der Waals surface area contributed by atoms with Gasteiger partial charge in [-0.2, -0.15) is 0 Å². The quantitative estimate of drug-likeness (QED) is 0.804. The van der Waals surface area contributed by atoms with E-state index in [9.17, 15) is 13.6 Å². The number of carbonyl (C=O) groups excluding carboxylic acids is 1. The number of ketones is 1. The van der Waals surface area contributed by atoms with E-state index < -0.39 is 11.6 Å². The van der Waals surface area contributed by atoms with Crippen molar-refractivity contribution in [1.29, 1.82) is 0 Å². The zero-order valence-electron chi connectivity index (χ0n) is 10.3. The van der Waals surface area contributed by atoms with Crippen LogP contribution in [0, 0.1) is 11.6 Å². The predicted molar refractivity (Wildman–Crippen MR) is 75.2 cm³/mol. The van der Waals surface area contributed by atoms with Gasteiger partial charge >= 0.3 is 0 Å². The maximum atomic E-state index is 13.0. The summed E-state index contributed by atoms with van der Waals surface area (Å²) in [5.41, 5.74) is 1.09. The third kappa shape index (κ3) is 3.78. The minimum absolute atomic E-state index is 0.0240. The van der Waals surface area contributed by atoms with Crippen LogP contribution in [0.2, 0.25) is 10.0 Å². The molecule has 0 aliphatic rings. The van der Waals surface area contributed by atoms with E-state index in [0.717, 1.165) is 12.1 Å². The average Bonchev–Trinajstić information content (AvgIpc) is 2.37. The SMILES string of the molecule is O=C(Cc1ccc(F)c(F)c1)Cc1ccc(Cl)cc1Cl. The molecule has 0 fully saturated rings. The second-order valence-electron chi connectivity index (χ2n) is 4.38. The smallest absolute Gasteiger partial charge is 0.159 e. The first-order chi connectivity index (χ1) is 9.45. The van der Waals surface area contributed by atoms with Crippen LogP contribution >= 0.6 is 23.2 Å². The average molecular weight is 315 g/mol. The van der Waals surface area contributed by atoms with Crippen molar-refractivity contribution in [2.24, 2.45) is 0 Å². The summed E-state index contributed by atoms with van der Waals surface area (Å²) in [5.74, 6) is -2.03. The van der Waals surface area contributed by atoms with E-state index in [1.807, 2.05) is 0 Å². The molecule has 0 radical (unpaired) electrons. The fraction of sp³-hybridized carbons (Fsp3) is 0.133. The van der Waals surface area contributed by atoms with Crippen LogP contribution in [0.3, 0.4) is 0 Å². The lowest BCUT2D eigenvalue weighted by Crippen LogP contribution is -2.07. The molecule has 5 heteroatoms. The number of hydrogen-bond acceptors (Lipinski definition) is 1. The summed E-state index contributed by atoms with van der Waals surface area (Å²) >= 11 is 11.7. The number of Topliss-reactive ketones (excluding diaryl/α,β-unsaturated/α-hetero) is 1. The molecule has 0 aliphatic carbocycles. The Bertz CT molecular complexity index is 656. The molecule has 0 saturated heterocycles. The highest BCUT2D eigenvalue weighted by Gasteiger charge is 2.10. The molecule has 2 rings (SSSR count). The van der Waals surface area contributed by atoms with E-state index in [1.165, 1.54) is 6.07 Å². The van der Waals surface area contributed by atoms with Crippen molar-refractivity contribution >= 4 is 29.0 Å². The maximum Gasteiger partial charge on any atom is 0.159 e. The highest BCUT2D eigenvalue weighted by atomic mass is 35.5. The van der Waals surface area contributed by atoms with Gasteiger partial charge in [-0.15, -0.1) is 0 Å². The molecule has 0 saturated carbocycles. The van der Waals surface area contributed by atoms with Gasteiger partial charge in [0.25, 0.3) is 0 Å². The van der Waals surface area contributed by atoms with Gasteiger partial charge in [0.05, 0.1) is 0 Å². The van der Waals surface area contributed by atoms with E-state index >= 15 is 0 Å². The van der Waals surface area contributed by atoms with Gasteiger partial charge < -0.3 is 0 Å².